The number of ether oxygens (including phenoxy) is 1. The van der Waals surface area contributed by atoms with Crippen molar-refractivity contribution in [1.29, 1.82) is 0 Å². The summed E-state index contributed by atoms with van der Waals surface area (Å²) in [5.74, 6) is 0.105. The standard InChI is InChI=1S/C24H22O3S/c25-21-17-12-7-8-13-18(17)22(26)23-20(21)19-14-6-1-2-9-15-24(19,27-23)28-16-10-4-3-5-11-16/h3-5,7-8,10-13,19H,1-2,6,9,14-15H2/t19-,24+/m0/s1. The fourth-order valence-electron chi connectivity index (χ4n) is 4.75. The van der Waals surface area contributed by atoms with E-state index in [1.165, 1.54) is 12.8 Å². The van der Waals surface area contributed by atoms with Crippen LogP contribution in [0, 0.1) is 5.92 Å². The van der Waals surface area contributed by atoms with Gasteiger partial charge in [0.2, 0.25) is 5.78 Å². The molecular weight excluding hydrogens is 368 g/mol. The molecule has 0 saturated heterocycles. The van der Waals surface area contributed by atoms with Gasteiger partial charge < -0.3 is 4.74 Å². The van der Waals surface area contributed by atoms with E-state index in [0.717, 1.165) is 30.6 Å². The van der Waals surface area contributed by atoms with Gasteiger partial charge in [-0.15, -0.1) is 0 Å². The third kappa shape index (κ3) is 2.74. The Hall–Kier alpha value is -2.33. The van der Waals surface area contributed by atoms with Gasteiger partial charge >= 0.3 is 0 Å². The van der Waals surface area contributed by atoms with Gasteiger partial charge in [-0.1, -0.05) is 73.5 Å². The average Bonchev–Trinajstić information content (AvgIpc) is 3.01. The van der Waals surface area contributed by atoms with Crippen LogP contribution in [0.1, 0.15) is 59.2 Å². The van der Waals surface area contributed by atoms with Gasteiger partial charge in [-0.05, 0) is 31.4 Å². The molecule has 0 aromatic heterocycles. The average molecular weight is 391 g/mol. The Bertz CT molecular complexity index is 978. The van der Waals surface area contributed by atoms with Gasteiger partial charge in [0.15, 0.2) is 16.5 Å². The SMILES string of the molecule is O=C1C2=C(C(=O)c3ccccc31)[C@@H]1CCCCCC[C@]1(Sc1ccccc1)O2. The first-order chi connectivity index (χ1) is 13.7. The van der Waals surface area contributed by atoms with E-state index in [1.807, 2.05) is 30.3 Å². The van der Waals surface area contributed by atoms with Crippen LogP contribution in [0.3, 0.4) is 0 Å². The van der Waals surface area contributed by atoms with Gasteiger partial charge in [-0.25, -0.2) is 0 Å². The molecule has 0 radical (unpaired) electrons. The summed E-state index contributed by atoms with van der Waals surface area (Å²) in [5, 5.41) is 0. The lowest BCUT2D eigenvalue weighted by molar-refractivity contribution is 0.0513. The Morgan fingerprint density at radius 2 is 1.50 bits per heavy atom. The molecule has 1 heterocycles. The van der Waals surface area contributed by atoms with Crippen LogP contribution in [0.5, 0.6) is 0 Å². The highest BCUT2D eigenvalue weighted by molar-refractivity contribution is 8.00. The monoisotopic (exact) mass is 390 g/mol. The zero-order valence-corrected chi connectivity index (χ0v) is 16.5. The number of Topliss-reactive ketones (excluding diaryl/α,β-unsaturated/α-hetero) is 2. The van der Waals surface area contributed by atoms with Gasteiger partial charge in [0.05, 0.1) is 5.57 Å². The summed E-state index contributed by atoms with van der Waals surface area (Å²) in [6, 6.07) is 17.3. The maximum Gasteiger partial charge on any atom is 0.228 e. The molecule has 0 N–H and O–H groups in total. The molecule has 3 nitrogen and oxygen atoms in total. The van der Waals surface area contributed by atoms with E-state index < -0.39 is 4.93 Å². The first-order valence-corrected chi connectivity index (χ1v) is 10.9. The third-order valence-corrected chi connectivity index (χ3v) is 7.49. The van der Waals surface area contributed by atoms with Crippen molar-refractivity contribution in [3.63, 3.8) is 0 Å². The zero-order valence-electron chi connectivity index (χ0n) is 15.6. The molecule has 2 aromatic rings. The Morgan fingerprint density at radius 1 is 0.821 bits per heavy atom. The summed E-state index contributed by atoms with van der Waals surface area (Å²) in [5.41, 5.74) is 1.62. The van der Waals surface area contributed by atoms with Gasteiger partial charge in [0.25, 0.3) is 0 Å². The highest BCUT2D eigenvalue weighted by atomic mass is 32.2. The van der Waals surface area contributed by atoms with E-state index >= 15 is 0 Å². The van der Waals surface area contributed by atoms with Crippen molar-refractivity contribution in [1.82, 2.24) is 0 Å². The number of carbonyl (C=O) groups is 2. The number of benzene rings is 2. The van der Waals surface area contributed by atoms with Crippen molar-refractivity contribution in [2.75, 3.05) is 0 Å². The summed E-state index contributed by atoms with van der Waals surface area (Å²) in [4.78, 5) is 27.1. The van der Waals surface area contributed by atoms with Crippen LogP contribution in [-0.2, 0) is 4.74 Å². The molecule has 28 heavy (non-hydrogen) atoms. The van der Waals surface area contributed by atoms with E-state index in [4.69, 9.17) is 4.74 Å². The quantitative estimate of drug-likeness (QED) is 0.649. The first-order valence-electron chi connectivity index (χ1n) is 10.1. The van der Waals surface area contributed by atoms with E-state index in [9.17, 15) is 9.59 Å². The van der Waals surface area contributed by atoms with Crippen LogP contribution in [0.25, 0.3) is 0 Å². The number of hydrogen-bond donors (Lipinski definition) is 0. The van der Waals surface area contributed by atoms with E-state index in [2.05, 4.69) is 12.1 Å². The molecule has 1 saturated carbocycles. The van der Waals surface area contributed by atoms with Gasteiger partial charge in [-0.3, -0.25) is 9.59 Å². The molecule has 0 amide bonds. The summed E-state index contributed by atoms with van der Waals surface area (Å²) in [6.45, 7) is 0. The lowest BCUT2D eigenvalue weighted by atomic mass is 9.78. The highest BCUT2D eigenvalue weighted by Crippen LogP contribution is 2.56. The molecule has 4 heteroatoms. The smallest absolute Gasteiger partial charge is 0.228 e. The molecule has 0 bridgehead atoms. The van der Waals surface area contributed by atoms with Crippen molar-refractivity contribution < 1.29 is 14.3 Å². The molecule has 1 fully saturated rings. The summed E-state index contributed by atoms with van der Waals surface area (Å²) < 4.78 is 6.51. The zero-order chi connectivity index (χ0) is 19.1. The number of hydrogen-bond acceptors (Lipinski definition) is 4. The van der Waals surface area contributed by atoms with Crippen molar-refractivity contribution in [2.45, 2.75) is 48.4 Å². The third-order valence-electron chi connectivity index (χ3n) is 6.07. The lowest BCUT2D eigenvalue weighted by Crippen LogP contribution is -2.35. The van der Waals surface area contributed by atoms with E-state index in [1.54, 1.807) is 23.9 Å². The van der Waals surface area contributed by atoms with Crippen molar-refractivity contribution >= 4 is 23.3 Å². The highest BCUT2D eigenvalue weighted by Gasteiger charge is 2.55. The number of ketones is 2. The predicted molar refractivity (Wildman–Crippen MR) is 109 cm³/mol. The van der Waals surface area contributed by atoms with Crippen LogP contribution in [0.15, 0.2) is 70.8 Å². The molecule has 0 unspecified atom stereocenters. The lowest BCUT2D eigenvalue weighted by Gasteiger charge is -2.36. The molecule has 1 aliphatic heterocycles. The Labute approximate surface area is 169 Å². The van der Waals surface area contributed by atoms with E-state index in [-0.39, 0.29) is 17.5 Å². The summed E-state index contributed by atoms with van der Waals surface area (Å²) in [6.07, 6.45) is 6.18. The van der Waals surface area contributed by atoms with Crippen LogP contribution >= 0.6 is 11.8 Å². The van der Waals surface area contributed by atoms with Crippen LogP contribution in [0.2, 0.25) is 0 Å². The number of carbonyl (C=O) groups excluding carboxylic acids is 2. The van der Waals surface area contributed by atoms with Crippen molar-refractivity contribution in [3.05, 3.63) is 77.1 Å². The first kappa shape index (κ1) is 17.7. The Kier molecular flexibility index (Phi) is 4.39. The second kappa shape index (κ2) is 6.93. The topological polar surface area (TPSA) is 43.4 Å². The molecule has 5 rings (SSSR count). The second-order valence-electron chi connectivity index (χ2n) is 7.78. The van der Waals surface area contributed by atoms with Crippen LogP contribution in [0.4, 0.5) is 0 Å². The van der Waals surface area contributed by atoms with Crippen molar-refractivity contribution in [3.8, 4) is 0 Å². The van der Waals surface area contributed by atoms with Gasteiger partial charge in [0, 0.05) is 21.9 Å². The maximum atomic E-state index is 13.4. The maximum absolute atomic E-state index is 13.4. The molecular formula is C24H22O3S. The predicted octanol–water partition coefficient (Wildman–Crippen LogP) is 5.81. The largest absolute Gasteiger partial charge is 0.471 e. The molecule has 3 aliphatic rings. The fourth-order valence-corrected chi connectivity index (χ4v) is 6.19. The Morgan fingerprint density at radius 3 is 2.29 bits per heavy atom. The number of rotatable bonds is 2. The molecule has 2 aliphatic carbocycles. The number of fused-ring (bicyclic) bond motifs is 3. The normalized spacial score (nSPS) is 26.6. The number of thioether (sulfide) groups is 1. The second-order valence-corrected chi connectivity index (χ2v) is 9.15. The Balaban J connectivity index is 1.61. The van der Waals surface area contributed by atoms with Crippen molar-refractivity contribution in [2.24, 2.45) is 5.92 Å². The van der Waals surface area contributed by atoms with Gasteiger partial charge in [-0.2, -0.15) is 0 Å². The molecule has 2 aromatic carbocycles. The van der Waals surface area contributed by atoms with Crippen LogP contribution < -0.4 is 0 Å². The van der Waals surface area contributed by atoms with Crippen LogP contribution in [-0.4, -0.2) is 16.5 Å². The van der Waals surface area contributed by atoms with Gasteiger partial charge in [0.1, 0.15) is 0 Å². The minimum Gasteiger partial charge on any atom is -0.471 e. The molecule has 2 atom stereocenters. The van der Waals surface area contributed by atoms with E-state index in [0.29, 0.717) is 22.5 Å². The fraction of sp³-hybridized carbons (Fsp3) is 0.333. The molecule has 0 spiro atoms. The summed E-state index contributed by atoms with van der Waals surface area (Å²) in [7, 11) is 0. The summed E-state index contributed by atoms with van der Waals surface area (Å²) >= 11 is 1.69. The molecule has 142 valence electrons. The minimum absolute atomic E-state index is 0.0219. The number of allylic oxidation sites excluding steroid dienone is 1. The minimum atomic E-state index is -0.570.